The largest absolute Gasteiger partial charge is 0.495 e. The van der Waals surface area contributed by atoms with Crippen LogP contribution in [0.15, 0.2) is 41.3 Å². The summed E-state index contributed by atoms with van der Waals surface area (Å²) in [5.74, 6) is 0.131. The van der Waals surface area contributed by atoms with Crippen molar-refractivity contribution in [1.29, 1.82) is 0 Å². The standard InChI is InChI=1S/C18H20ClFN2O4S/c1-25-16-12-18(17(26-2)11-15(16)19)27(23,24)22-9-7-21(8-10-22)14-5-3-13(20)4-6-14/h3-6,11-12H,7-10H2,1-2H3. The van der Waals surface area contributed by atoms with Gasteiger partial charge >= 0.3 is 0 Å². The molecular weight excluding hydrogens is 395 g/mol. The molecule has 0 amide bonds. The van der Waals surface area contributed by atoms with Crippen LogP contribution in [0.4, 0.5) is 10.1 Å². The molecule has 27 heavy (non-hydrogen) atoms. The molecule has 0 N–H and O–H groups in total. The van der Waals surface area contributed by atoms with Crippen molar-refractivity contribution in [2.45, 2.75) is 4.90 Å². The van der Waals surface area contributed by atoms with Crippen molar-refractivity contribution in [3.8, 4) is 11.5 Å². The number of hydrogen-bond donors (Lipinski definition) is 0. The van der Waals surface area contributed by atoms with Crippen LogP contribution >= 0.6 is 11.6 Å². The van der Waals surface area contributed by atoms with Gasteiger partial charge in [-0.05, 0) is 24.3 Å². The quantitative estimate of drug-likeness (QED) is 0.752. The van der Waals surface area contributed by atoms with Crippen molar-refractivity contribution in [3.63, 3.8) is 0 Å². The van der Waals surface area contributed by atoms with Crippen molar-refractivity contribution in [3.05, 3.63) is 47.2 Å². The number of sulfonamides is 1. The van der Waals surface area contributed by atoms with Crippen LogP contribution in [0.2, 0.25) is 5.02 Å². The van der Waals surface area contributed by atoms with Gasteiger partial charge in [0.25, 0.3) is 0 Å². The van der Waals surface area contributed by atoms with Crippen molar-refractivity contribution in [2.75, 3.05) is 45.3 Å². The maximum Gasteiger partial charge on any atom is 0.247 e. The van der Waals surface area contributed by atoms with Crippen LogP contribution in [0, 0.1) is 5.82 Å². The minimum atomic E-state index is -3.78. The Labute approximate surface area is 163 Å². The van der Waals surface area contributed by atoms with Crippen LogP contribution in [-0.4, -0.2) is 53.1 Å². The fourth-order valence-electron chi connectivity index (χ4n) is 3.01. The summed E-state index contributed by atoms with van der Waals surface area (Å²) in [6.07, 6.45) is 0. The molecule has 0 unspecified atom stereocenters. The Kier molecular flexibility index (Phi) is 5.78. The van der Waals surface area contributed by atoms with Gasteiger partial charge in [0.1, 0.15) is 22.2 Å². The fraction of sp³-hybridized carbons (Fsp3) is 0.333. The Bertz CT molecular complexity index is 914. The predicted molar refractivity (Wildman–Crippen MR) is 102 cm³/mol. The lowest BCUT2D eigenvalue weighted by Crippen LogP contribution is -2.48. The molecule has 1 saturated heterocycles. The minimum Gasteiger partial charge on any atom is -0.495 e. The molecular formula is C18H20ClFN2O4S. The topological polar surface area (TPSA) is 59.1 Å². The van der Waals surface area contributed by atoms with E-state index in [0.717, 1.165) is 5.69 Å². The molecule has 6 nitrogen and oxygen atoms in total. The van der Waals surface area contributed by atoms with Gasteiger partial charge in [0.05, 0.1) is 19.2 Å². The molecule has 9 heteroatoms. The fourth-order valence-corrected chi connectivity index (χ4v) is 4.82. The number of hydrogen-bond acceptors (Lipinski definition) is 5. The summed E-state index contributed by atoms with van der Waals surface area (Å²) in [5.41, 5.74) is 0.860. The molecule has 0 radical (unpaired) electrons. The van der Waals surface area contributed by atoms with E-state index < -0.39 is 10.0 Å². The Morgan fingerprint density at radius 1 is 0.963 bits per heavy atom. The lowest BCUT2D eigenvalue weighted by molar-refractivity contribution is 0.371. The Hall–Kier alpha value is -2.03. The van der Waals surface area contributed by atoms with E-state index in [1.54, 1.807) is 12.1 Å². The highest BCUT2D eigenvalue weighted by Crippen LogP contribution is 2.36. The van der Waals surface area contributed by atoms with Crippen molar-refractivity contribution in [1.82, 2.24) is 4.31 Å². The molecule has 2 aromatic carbocycles. The zero-order valence-electron chi connectivity index (χ0n) is 15.0. The first-order valence-corrected chi connectivity index (χ1v) is 10.1. The number of rotatable bonds is 5. The molecule has 0 aromatic heterocycles. The SMILES string of the molecule is COc1cc(S(=O)(=O)N2CCN(c3ccc(F)cc3)CC2)c(OC)cc1Cl. The third-order valence-corrected chi connectivity index (χ3v) is 6.70. The highest BCUT2D eigenvalue weighted by Gasteiger charge is 2.32. The highest BCUT2D eigenvalue weighted by atomic mass is 35.5. The molecule has 0 spiro atoms. The van der Waals surface area contributed by atoms with E-state index in [1.165, 1.54) is 42.8 Å². The van der Waals surface area contributed by atoms with Gasteiger partial charge in [0.2, 0.25) is 10.0 Å². The van der Waals surface area contributed by atoms with E-state index in [2.05, 4.69) is 0 Å². The monoisotopic (exact) mass is 414 g/mol. The summed E-state index contributed by atoms with van der Waals surface area (Å²) >= 11 is 6.07. The third-order valence-electron chi connectivity index (χ3n) is 4.49. The van der Waals surface area contributed by atoms with Crippen molar-refractivity contribution in [2.24, 2.45) is 0 Å². The molecule has 0 atom stereocenters. The molecule has 0 bridgehead atoms. The molecule has 2 aromatic rings. The average Bonchev–Trinajstić information content (AvgIpc) is 2.68. The Balaban J connectivity index is 1.82. The van der Waals surface area contributed by atoms with Gasteiger partial charge in [-0.2, -0.15) is 4.31 Å². The van der Waals surface area contributed by atoms with E-state index in [0.29, 0.717) is 26.2 Å². The molecule has 1 aliphatic heterocycles. The van der Waals surface area contributed by atoms with E-state index in [1.807, 2.05) is 4.90 Å². The van der Waals surface area contributed by atoms with E-state index >= 15 is 0 Å². The van der Waals surface area contributed by atoms with E-state index in [9.17, 15) is 12.8 Å². The number of halogens is 2. The van der Waals surface area contributed by atoms with Gasteiger partial charge in [-0.15, -0.1) is 0 Å². The molecule has 146 valence electrons. The van der Waals surface area contributed by atoms with Gasteiger partial charge in [0, 0.05) is 44.0 Å². The number of nitrogens with zero attached hydrogens (tertiary/aromatic N) is 2. The second-order valence-electron chi connectivity index (χ2n) is 6.01. The lowest BCUT2D eigenvalue weighted by Gasteiger charge is -2.35. The highest BCUT2D eigenvalue weighted by molar-refractivity contribution is 7.89. The van der Waals surface area contributed by atoms with Gasteiger partial charge in [-0.1, -0.05) is 11.6 Å². The smallest absolute Gasteiger partial charge is 0.247 e. The number of benzene rings is 2. The third kappa shape index (κ3) is 3.97. The number of anilines is 1. The number of piperazine rings is 1. The number of methoxy groups -OCH3 is 2. The van der Waals surface area contributed by atoms with Gasteiger partial charge in [-0.25, -0.2) is 12.8 Å². The first kappa shape index (κ1) is 19.7. The molecule has 3 rings (SSSR count). The van der Waals surface area contributed by atoms with Gasteiger partial charge < -0.3 is 14.4 Å². The maximum atomic E-state index is 13.1. The zero-order valence-corrected chi connectivity index (χ0v) is 16.6. The molecule has 1 fully saturated rings. The summed E-state index contributed by atoms with van der Waals surface area (Å²) in [5, 5.41) is 0.273. The molecule has 1 heterocycles. The summed E-state index contributed by atoms with van der Waals surface area (Å²) in [6.45, 7) is 1.59. The lowest BCUT2D eigenvalue weighted by atomic mass is 10.2. The summed E-state index contributed by atoms with van der Waals surface area (Å²) in [7, 11) is -0.969. The Morgan fingerprint density at radius 2 is 1.56 bits per heavy atom. The van der Waals surface area contributed by atoms with Crippen LogP contribution in [0.25, 0.3) is 0 Å². The second kappa shape index (κ2) is 7.92. The number of ether oxygens (including phenoxy) is 2. The van der Waals surface area contributed by atoms with Gasteiger partial charge in [0.15, 0.2) is 0 Å². The predicted octanol–water partition coefficient (Wildman–Crippen LogP) is 3.01. The zero-order chi connectivity index (χ0) is 19.6. The summed E-state index contributed by atoms with van der Waals surface area (Å²) in [6, 6.07) is 8.97. The molecule has 1 aliphatic rings. The van der Waals surface area contributed by atoms with Crippen LogP contribution in [0.1, 0.15) is 0 Å². The first-order chi connectivity index (χ1) is 12.9. The summed E-state index contributed by atoms with van der Waals surface area (Å²) < 4.78 is 51.1. The minimum absolute atomic E-state index is 0.0153. The van der Waals surface area contributed by atoms with Crippen molar-refractivity contribution >= 4 is 27.3 Å². The second-order valence-corrected chi connectivity index (χ2v) is 8.32. The first-order valence-electron chi connectivity index (χ1n) is 8.29. The average molecular weight is 415 g/mol. The van der Waals surface area contributed by atoms with E-state index in [-0.39, 0.29) is 27.2 Å². The van der Waals surface area contributed by atoms with Crippen LogP contribution in [0.5, 0.6) is 11.5 Å². The Morgan fingerprint density at radius 3 is 2.11 bits per heavy atom. The normalized spacial score (nSPS) is 15.6. The van der Waals surface area contributed by atoms with Gasteiger partial charge in [-0.3, -0.25) is 0 Å². The maximum absolute atomic E-state index is 13.1. The summed E-state index contributed by atoms with van der Waals surface area (Å²) in [4.78, 5) is 2.03. The molecule has 0 saturated carbocycles. The van der Waals surface area contributed by atoms with E-state index in [4.69, 9.17) is 21.1 Å². The van der Waals surface area contributed by atoms with Crippen LogP contribution in [-0.2, 0) is 10.0 Å². The van der Waals surface area contributed by atoms with Crippen molar-refractivity contribution < 1.29 is 22.3 Å². The van der Waals surface area contributed by atoms with Crippen LogP contribution in [0.3, 0.4) is 0 Å². The molecule has 0 aliphatic carbocycles. The van der Waals surface area contributed by atoms with Crippen LogP contribution < -0.4 is 14.4 Å².